The van der Waals surface area contributed by atoms with Gasteiger partial charge in [0.2, 0.25) is 5.95 Å². The maximum absolute atomic E-state index is 12.9. The number of fused-ring (bicyclic) bond motifs is 1. The predicted octanol–water partition coefficient (Wildman–Crippen LogP) is 2.67. The zero-order valence-corrected chi connectivity index (χ0v) is 17.4. The minimum atomic E-state index is -0.304. The summed E-state index contributed by atoms with van der Waals surface area (Å²) in [7, 11) is 0. The van der Waals surface area contributed by atoms with E-state index in [-0.39, 0.29) is 17.7 Å². The van der Waals surface area contributed by atoms with E-state index in [0.717, 1.165) is 22.4 Å². The summed E-state index contributed by atoms with van der Waals surface area (Å²) in [6.45, 7) is 1.04. The normalized spacial score (nSPS) is 13.2. The number of benzene rings is 1. The molecule has 1 fully saturated rings. The van der Waals surface area contributed by atoms with Crippen LogP contribution in [-0.4, -0.2) is 32.1 Å². The minimum absolute atomic E-state index is 0.164. The van der Waals surface area contributed by atoms with Gasteiger partial charge < -0.3 is 21.5 Å². The molecule has 0 spiro atoms. The number of rotatable bonds is 7. The smallest absolute Gasteiger partial charge is 0.255 e. The topological polar surface area (TPSA) is 133 Å². The Morgan fingerprint density at radius 2 is 2.00 bits per heavy atom. The van der Waals surface area contributed by atoms with Crippen molar-refractivity contribution in [1.29, 1.82) is 0 Å². The van der Waals surface area contributed by atoms with Crippen molar-refractivity contribution >= 4 is 23.3 Å². The van der Waals surface area contributed by atoms with E-state index >= 15 is 0 Å². The van der Waals surface area contributed by atoms with E-state index in [1.54, 1.807) is 23.0 Å². The van der Waals surface area contributed by atoms with Gasteiger partial charge in [-0.2, -0.15) is 4.98 Å². The number of nitrogens with two attached hydrogens (primary N) is 2. The number of carbonyl (C=O) groups is 1. The largest absolute Gasteiger partial charge is 0.493 e. The van der Waals surface area contributed by atoms with Crippen LogP contribution in [0.1, 0.15) is 28.8 Å². The number of aromatic nitrogens is 4. The maximum Gasteiger partial charge on any atom is 0.255 e. The van der Waals surface area contributed by atoms with Gasteiger partial charge in [-0.3, -0.25) is 4.79 Å². The Bertz CT molecular complexity index is 1300. The Balaban J connectivity index is 1.33. The van der Waals surface area contributed by atoms with Crippen LogP contribution in [0.4, 0.5) is 11.8 Å². The van der Waals surface area contributed by atoms with Crippen molar-refractivity contribution in [3.8, 4) is 16.9 Å². The van der Waals surface area contributed by atoms with Crippen molar-refractivity contribution in [2.75, 3.05) is 18.1 Å². The molecule has 0 radical (unpaired) electrons. The summed E-state index contributed by atoms with van der Waals surface area (Å²) < 4.78 is 7.51. The lowest BCUT2D eigenvalue weighted by Crippen LogP contribution is -2.24. The molecule has 9 nitrogen and oxygen atoms in total. The lowest BCUT2D eigenvalue weighted by molar-refractivity contribution is 0.0951. The molecule has 0 unspecified atom stereocenters. The Morgan fingerprint density at radius 1 is 1.16 bits per heavy atom. The molecule has 9 heteroatoms. The Labute approximate surface area is 184 Å². The monoisotopic (exact) mass is 429 g/mol. The van der Waals surface area contributed by atoms with Crippen LogP contribution in [-0.2, 0) is 6.54 Å². The van der Waals surface area contributed by atoms with E-state index in [1.165, 1.54) is 12.8 Å². The van der Waals surface area contributed by atoms with Gasteiger partial charge in [-0.05, 0) is 48.6 Å². The molecule has 3 aromatic heterocycles. The highest BCUT2D eigenvalue weighted by molar-refractivity contribution is 5.99. The van der Waals surface area contributed by atoms with E-state index in [9.17, 15) is 4.79 Å². The number of carbonyl (C=O) groups excluding carboxylic acids is 1. The summed E-state index contributed by atoms with van der Waals surface area (Å²) in [6, 6.07) is 13.1. The van der Waals surface area contributed by atoms with Crippen molar-refractivity contribution < 1.29 is 9.53 Å². The first-order valence-electron chi connectivity index (χ1n) is 10.4. The number of amides is 1. The van der Waals surface area contributed by atoms with Crippen molar-refractivity contribution in [1.82, 2.24) is 24.9 Å². The number of pyridine rings is 2. The van der Waals surface area contributed by atoms with Crippen LogP contribution in [0.3, 0.4) is 0 Å². The molecule has 1 aliphatic rings. The lowest BCUT2D eigenvalue weighted by Gasteiger charge is -2.13. The standard InChI is InChI=1S/C23H23N7O2/c24-21-18(9-17(12-26-21)15-7-8-30-20(10-15)28-23(25)29-30)22(31)27-11-16-3-1-2-4-19(16)32-13-14-5-6-14/h1-4,7-10,12,14H,5-6,11,13H2,(H2,24,26)(H2,25,29)(H,27,31). The zero-order valence-electron chi connectivity index (χ0n) is 17.4. The van der Waals surface area contributed by atoms with Crippen LogP contribution in [0.25, 0.3) is 16.8 Å². The predicted molar refractivity (Wildman–Crippen MR) is 121 cm³/mol. The quantitative estimate of drug-likeness (QED) is 0.411. The van der Waals surface area contributed by atoms with Gasteiger partial charge in [0.25, 0.3) is 5.91 Å². The number of hydrogen-bond acceptors (Lipinski definition) is 7. The molecule has 5 N–H and O–H groups in total. The third kappa shape index (κ3) is 4.18. The summed E-state index contributed by atoms with van der Waals surface area (Å²) in [5.74, 6) is 1.50. The van der Waals surface area contributed by atoms with Gasteiger partial charge in [0, 0.05) is 30.1 Å². The van der Waals surface area contributed by atoms with Gasteiger partial charge >= 0.3 is 0 Å². The number of para-hydroxylation sites is 1. The van der Waals surface area contributed by atoms with E-state index in [4.69, 9.17) is 16.2 Å². The van der Waals surface area contributed by atoms with E-state index in [2.05, 4.69) is 20.4 Å². The molecule has 1 amide bonds. The SMILES string of the molecule is Nc1nc2cc(-c3cnc(N)c(C(=O)NCc4ccccc4OCC4CC4)c3)ccn2n1. The summed E-state index contributed by atoms with van der Waals surface area (Å²) in [4.78, 5) is 21.3. The van der Waals surface area contributed by atoms with Gasteiger partial charge in [-0.25, -0.2) is 9.50 Å². The second kappa shape index (κ2) is 8.18. The van der Waals surface area contributed by atoms with Crippen LogP contribution in [0.15, 0.2) is 54.9 Å². The maximum atomic E-state index is 12.9. The number of ether oxygens (including phenoxy) is 1. The van der Waals surface area contributed by atoms with Gasteiger partial charge in [0.1, 0.15) is 11.6 Å². The second-order valence-electron chi connectivity index (χ2n) is 7.89. The van der Waals surface area contributed by atoms with Gasteiger partial charge in [-0.1, -0.05) is 18.2 Å². The van der Waals surface area contributed by atoms with Crippen molar-refractivity contribution in [3.63, 3.8) is 0 Å². The minimum Gasteiger partial charge on any atom is -0.493 e. The Morgan fingerprint density at radius 3 is 2.84 bits per heavy atom. The Kier molecular flexibility index (Phi) is 5.06. The molecule has 5 rings (SSSR count). The molecular formula is C23H23N7O2. The van der Waals surface area contributed by atoms with E-state index < -0.39 is 0 Å². The first kappa shape index (κ1) is 19.8. The molecule has 0 bridgehead atoms. The van der Waals surface area contributed by atoms with Gasteiger partial charge in [0.15, 0.2) is 5.65 Å². The molecule has 1 aromatic carbocycles. The van der Waals surface area contributed by atoms with Gasteiger partial charge in [0.05, 0.1) is 12.2 Å². The molecule has 0 aliphatic heterocycles. The lowest BCUT2D eigenvalue weighted by atomic mass is 10.1. The number of hydrogen-bond donors (Lipinski definition) is 3. The fraction of sp³-hybridized carbons (Fsp3) is 0.217. The van der Waals surface area contributed by atoms with Gasteiger partial charge in [-0.15, -0.1) is 5.10 Å². The first-order valence-corrected chi connectivity index (χ1v) is 10.4. The van der Waals surface area contributed by atoms with Crippen LogP contribution in [0.2, 0.25) is 0 Å². The molecule has 162 valence electrons. The Hall–Kier alpha value is -4.14. The highest BCUT2D eigenvalue weighted by atomic mass is 16.5. The number of anilines is 2. The van der Waals surface area contributed by atoms with Crippen molar-refractivity contribution in [2.45, 2.75) is 19.4 Å². The summed E-state index contributed by atoms with van der Waals surface area (Å²) in [6.07, 6.45) is 5.82. The fourth-order valence-corrected chi connectivity index (χ4v) is 3.45. The zero-order chi connectivity index (χ0) is 22.1. The third-order valence-electron chi connectivity index (χ3n) is 5.43. The van der Waals surface area contributed by atoms with Crippen LogP contribution in [0, 0.1) is 5.92 Å². The van der Waals surface area contributed by atoms with Crippen LogP contribution >= 0.6 is 0 Å². The summed E-state index contributed by atoms with van der Waals surface area (Å²) >= 11 is 0. The number of nitrogens with one attached hydrogen (secondary N) is 1. The average molecular weight is 429 g/mol. The van der Waals surface area contributed by atoms with Crippen molar-refractivity contribution in [3.05, 3.63) is 66.0 Å². The highest BCUT2D eigenvalue weighted by Gasteiger charge is 2.22. The summed E-state index contributed by atoms with van der Waals surface area (Å²) in [5.41, 5.74) is 15.1. The number of nitrogens with zero attached hydrogens (tertiary/aromatic N) is 4. The molecule has 3 heterocycles. The molecule has 1 saturated carbocycles. The van der Waals surface area contributed by atoms with Crippen LogP contribution < -0.4 is 21.5 Å². The molecular weight excluding hydrogens is 406 g/mol. The van der Waals surface area contributed by atoms with Crippen LogP contribution in [0.5, 0.6) is 5.75 Å². The van der Waals surface area contributed by atoms with E-state index in [1.807, 2.05) is 36.4 Å². The number of nitrogen functional groups attached to an aromatic ring is 2. The fourth-order valence-electron chi connectivity index (χ4n) is 3.45. The molecule has 1 aliphatic carbocycles. The van der Waals surface area contributed by atoms with E-state index in [0.29, 0.717) is 30.3 Å². The highest BCUT2D eigenvalue weighted by Crippen LogP contribution is 2.30. The average Bonchev–Trinajstić information content (AvgIpc) is 3.55. The molecule has 4 aromatic rings. The third-order valence-corrected chi connectivity index (χ3v) is 5.43. The molecule has 0 atom stereocenters. The second-order valence-corrected chi connectivity index (χ2v) is 7.89. The summed E-state index contributed by atoms with van der Waals surface area (Å²) in [5, 5.41) is 7.00. The first-order chi connectivity index (χ1) is 15.6. The molecule has 32 heavy (non-hydrogen) atoms. The van der Waals surface area contributed by atoms with Crippen molar-refractivity contribution in [2.24, 2.45) is 5.92 Å². The molecule has 0 saturated heterocycles.